The zero-order valence-electron chi connectivity index (χ0n) is 26.7. The summed E-state index contributed by atoms with van der Waals surface area (Å²) in [6.07, 6.45) is 10.3. The molecule has 2 aliphatic rings. The Morgan fingerprint density at radius 2 is 0.625 bits per heavy atom. The molecule has 2 aliphatic carbocycles. The molecule has 0 heterocycles. The zero-order chi connectivity index (χ0) is 31.9. The van der Waals surface area contributed by atoms with Gasteiger partial charge >= 0.3 is 289 Å². The number of rotatable bonds is 4. The molecule has 226 valence electrons. The van der Waals surface area contributed by atoms with Crippen LogP contribution in [0.15, 0.2) is 170 Å². The van der Waals surface area contributed by atoms with Crippen molar-refractivity contribution in [2.75, 3.05) is 0 Å². The molecule has 0 fully saturated rings. The molecule has 0 saturated carbocycles. The summed E-state index contributed by atoms with van der Waals surface area (Å²) in [6.45, 7) is 0. The van der Waals surface area contributed by atoms with E-state index in [0.29, 0.717) is 7.35 Å². The first-order valence-electron chi connectivity index (χ1n) is 17.0. The van der Waals surface area contributed by atoms with E-state index in [0.717, 1.165) is 0 Å². The van der Waals surface area contributed by atoms with Crippen LogP contribution in [0.3, 0.4) is 0 Å². The van der Waals surface area contributed by atoms with Crippen LogP contribution in [-0.4, -0.2) is 12.2 Å². The molecule has 0 aromatic heterocycles. The maximum atomic E-state index is 2.66. The SMILES string of the molecule is [GeH2]=[Hf]([c]1ccccc1)([c]1ccccc1)([CH]1C=Cc2c1c1ccccc1c1ccccc21)[CH]1C=Cc2c1c1ccccc1c1ccccc21. The summed E-state index contributed by atoms with van der Waals surface area (Å²) in [5.74, 6) is 0. The molecular weight excluding hydrogens is 804 g/mol. The molecule has 2 heteroatoms. The van der Waals surface area contributed by atoms with Crippen LogP contribution in [0.1, 0.15) is 29.6 Å². The van der Waals surface area contributed by atoms with Crippen molar-refractivity contribution in [2.24, 2.45) is 0 Å². The van der Waals surface area contributed by atoms with Crippen LogP contribution in [-0.2, 0) is 15.4 Å². The Morgan fingerprint density at radius 3 is 1.00 bits per heavy atom. The van der Waals surface area contributed by atoms with Crippen LogP contribution in [0.4, 0.5) is 0 Å². The molecule has 2 unspecified atom stereocenters. The van der Waals surface area contributed by atoms with Crippen LogP contribution in [0.2, 0.25) is 0 Å². The monoisotopic (exact) mass is 840 g/mol. The molecule has 0 spiro atoms. The van der Waals surface area contributed by atoms with Crippen molar-refractivity contribution in [2.45, 2.75) is 7.35 Å². The van der Waals surface area contributed by atoms with Gasteiger partial charge in [-0.25, -0.2) is 0 Å². The molecule has 8 aromatic carbocycles. The Hall–Kier alpha value is -4.31. The number of benzene rings is 8. The molecule has 2 atom stereocenters. The number of allylic oxidation sites excluding steroid dienone is 2. The number of hydrogen-bond donors (Lipinski definition) is 0. The maximum absolute atomic E-state index is 4.78. The minimum atomic E-state index is -4.78. The summed E-state index contributed by atoms with van der Waals surface area (Å²) in [5.41, 5.74) is 5.93. The summed E-state index contributed by atoms with van der Waals surface area (Å²) in [7, 11) is 0. The molecule has 0 bridgehead atoms. The summed E-state index contributed by atoms with van der Waals surface area (Å²) < 4.78 is 3.81. The van der Waals surface area contributed by atoms with Crippen molar-refractivity contribution in [1.29, 1.82) is 0 Å². The predicted octanol–water partition coefficient (Wildman–Crippen LogP) is 10.0. The van der Waals surface area contributed by atoms with Gasteiger partial charge in [-0.3, -0.25) is 0 Å². The van der Waals surface area contributed by atoms with Crippen molar-refractivity contribution in [1.82, 2.24) is 0 Å². The Morgan fingerprint density at radius 1 is 0.333 bits per heavy atom. The van der Waals surface area contributed by atoms with Gasteiger partial charge in [-0.05, 0) is 0 Å². The molecule has 0 amide bonds. The van der Waals surface area contributed by atoms with E-state index in [-0.39, 0.29) is 0 Å². The van der Waals surface area contributed by atoms with Gasteiger partial charge in [-0.15, -0.1) is 0 Å². The van der Waals surface area contributed by atoms with Crippen molar-refractivity contribution in [3.8, 4) is 0 Å². The van der Waals surface area contributed by atoms with Crippen molar-refractivity contribution in [3.05, 3.63) is 192 Å². The van der Waals surface area contributed by atoms with E-state index in [2.05, 4.69) is 182 Å². The first-order chi connectivity index (χ1) is 23.7. The fraction of sp³-hybridized carbons (Fsp3) is 0.0435. The van der Waals surface area contributed by atoms with Crippen molar-refractivity contribution < 1.29 is 15.4 Å². The van der Waals surface area contributed by atoms with Crippen LogP contribution in [0.5, 0.6) is 0 Å². The Kier molecular flexibility index (Phi) is 6.33. The second-order valence-corrected chi connectivity index (χ2v) is 60.4. The van der Waals surface area contributed by atoms with Gasteiger partial charge in [0, 0.05) is 0 Å². The van der Waals surface area contributed by atoms with Gasteiger partial charge < -0.3 is 0 Å². The molecule has 0 nitrogen and oxygen atoms in total. The van der Waals surface area contributed by atoms with Gasteiger partial charge in [0.25, 0.3) is 0 Å². The van der Waals surface area contributed by atoms with E-state index in [4.69, 9.17) is 0 Å². The second-order valence-electron chi connectivity index (χ2n) is 13.9. The first kappa shape index (κ1) is 28.7. The van der Waals surface area contributed by atoms with E-state index in [1.54, 1.807) is 17.8 Å². The zero-order valence-corrected chi connectivity index (χ0v) is 33.2. The van der Waals surface area contributed by atoms with Crippen LogP contribution in [0.25, 0.3) is 55.2 Å². The molecule has 0 aliphatic heterocycles. The van der Waals surface area contributed by atoms with E-state index in [9.17, 15) is 0 Å². The number of fused-ring (bicyclic) bond motifs is 12. The summed E-state index contributed by atoms with van der Waals surface area (Å²) >= 11 is -3.53. The molecule has 8 aromatic rings. The normalized spacial score (nSPS) is 17.0. The molecule has 10 rings (SSSR count). The second kappa shape index (κ2) is 10.6. The van der Waals surface area contributed by atoms with E-state index < -0.39 is 15.4 Å². The topological polar surface area (TPSA) is 0 Å². The summed E-state index contributed by atoms with van der Waals surface area (Å²) in [6, 6.07) is 60.2. The summed E-state index contributed by atoms with van der Waals surface area (Å²) in [5, 5.41) is 11.0. The van der Waals surface area contributed by atoms with Crippen LogP contribution >= 0.6 is 0 Å². The van der Waals surface area contributed by atoms with Crippen molar-refractivity contribution >= 4 is 74.1 Å². The quantitative estimate of drug-likeness (QED) is 0.122. The van der Waals surface area contributed by atoms with E-state index in [1.807, 2.05) is 0 Å². The third kappa shape index (κ3) is 3.64. The predicted molar refractivity (Wildman–Crippen MR) is 207 cm³/mol. The fourth-order valence-corrected chi connectivity index (χ4v) is 55.2. The Bertz CT molecular complexity index is 2550. The average Bonchev–Trinajstić information content (AvgIpc) is 3.83. The van der Waals surface area contributed by atoms with Gasteiger partial charge in [0.1, 0.15) is 0 Å². The average molecular weight is 838 g/mol. The number of hydrogen-bond acceptors (Lipinski definition) is 0. The van der Waals surface area contributed by atoms with Gasteiger partial charge in [0.15, 0.2) is 0 Å². The fourth-order valence-electron chi connectivity index (χ4n) is 9.84. The Labute approximate surface area is 286 Å². The van der Waals surface area contributed by atoms with Gasteiger partial charge in [-0.2, -0.15) is 0 Å². The van der Waals surface area contributed by atoms with E-state index in [1.165, 1.54) is 66.4 Å². The van der Waals surface area contributed by atoms with Gasteiger partial charge in [-0.1, -0.05) is 0 Å². The summed E-state index contributed by atoms with van der Waals surface area (Å²) in [4.78, 5) is 0. The van der Waals surface area contributed by atoms with E-state index >= 15 is 0 Å². The molecule has 0 saturated heterocycles. The minimum absolute atomic E-state index is 0.308. The third-order valence-electron chi connectivity index (χ3n) is 11.9. The van der Waals surface area contributed by atoms with Crippen molar-refractivity contribution in [3.63, 3.8) is 0 Å². The molecule has 48 heavy (non-hydrogen) atoms. The van der Waals surface area contributed by atoms with Gasteiger partial charge in [0.2, 0.25) is 0 Å². The molecule has 0 radical (unpaired) electrons. The first-order valence-corrected chi connectivity index (χ1v) is 39.5. The van der Waals surface area contributed by atoms with Crippen LogP contribution < -0.4 is 6.64 Å². The third-order valence-corrected chi connectivity index (χ3v) is 66.9. The molecular formula is C46H34GeHf. The Balaban J connectivity index is 1.42. The van der Waals surface area contributed by atoms with Crippen LogP contribution in [0, 0.1) is 0 Å². The van der Waals surface area contributed by atoms with Gasteiger partial charge in [0.05, 0.1) is 0 Å². The standard InChI is InChI=1S/2C17H11.2C6H5.GeH2.Hf/c2*1-3-8-14-12(6-1)13-7-2-4-9-15(13)17-11-5-10-16(14)17;2*1-2-4-6-5-3-1;;/h2*1-11H;2*1-5H;1H2;. The molecule has 0 N–H and O–H groups in total.